The van der Waals surface area contributed by atoms with Crippen LogP contribution in [0.25, 0.3) is 6.08 Å². The number of aromatic nitrogens is 2. The van der Waals surface area contributed by atoms with Crippen LogP contribution in [0.3, 0.4) is 0 Å². The molecule has 3 heterocycles. The van der Waals surface area contributed by atoms with Crippen molar-refractivity contribution in [3.63, 3.8) is 0 Å². The highest BCUT2D eigenvalue weighted by atomic mass is 16.5. The summed E-state index contributed by atoms with van der Waals surface area (Å²) in [6.45, 7) is 4.92. The molecule has 0 atom stereocenters. The van der Waals surface area contributed by atoms with Crippen LogP contribution in [0.5, 0.6) is 0 Å². The van der Waals surface area contributed by atoms with E-state index in [2.05, 4.69) is 25.5 Å². The fraction of sp³-hybridized carbons (Fsp3) is 0.227. The maximum atomic E-state index is 12.0. The van der Waals surface area contributed by atoms with Gasteiger partial charge in [-0.15, -0.1) is 0 Å². The third-order valence-corrected chi connectivity index (χ3v) is 4.53. The Bertz CT molecular complexity index is 1010. The van der Waals surface area contributed by atoms with Crippen molar-refractivity contribution < 1.29 is 13.9 Å². The van der Waals surface area contributed by atoms with E-state index < -0.39 is 0 Å². The summed E-state index contributed by atoms with van der Waals surface area (Å²) in [4.78, 5) is 23.2. The lowest BCUT2D eigenvalue weighted by atomic mass is 10.2. The number of anilines is 4. The Kier molecular flexibility index (Phi) is 6.05. The van der Waals surface area contributed by atoms with E-state index in [1.807, 2.05) is 37.3 Å². The molecule has 1 aromatic carbocycles. The Balaban J connectivity index is 1.38. The fourth-order valence-electron chi connectivity index (χ4n) is 3.08. The summed E-state index contributed by atoms with van der Waals surface area (Å²) in [6, 6.07) is 12.9. The number of morpholine rings is 1. The van der Waals surface area contributed by atoms with E-state index in [0.29, 0.717) is 30.5 Å². The first kappa shape index (κ1) is 19.7. The molecule has 0 bridgehead atoms. The lowest BCUT2D eigenvalue weighted by Crippen LogP contribution is -2.36. The van der Waals surface area contributed by atoms with E-state index in [9.17, 15) is 4.79 Å². The van der Waals surface area contributed by atoms with Crippen LogP contribution in [-0.4, -0.2) is 42.2 Å². The molecule has 8 nitrogen and oxygen atoms in total. The summed E-state index contributed by atoms with van der Waals surface area (Å²) in [5.74, 6) is 2.71. The normalized spacial score (nSPS) is 14.1. The Labute approximate surface area is 174 Å². The zero-order chi connectivity index (χ0) is 20.8. The van der Waals surface area contributed by atoms with Crippen molar-refractivity contribution >= 4 is 35.0 Å². The second kappa shape index (κ2) is 9.23. The zero-order valence-electron chi connectivity index (χ0n) is 16.7. The Hall–Kier alpha value is -3.65. The van der Waals surface area contributed by atoms with Crippen molar-refractivity contribution in [1.29, 1.82) is 0 Å². The Morgan fingerprint density at radius 1 is 1.10 bits per heavy atom. The van der Waals surface area contributed by atoms with Crippen LogP contribution < -0.4 is 15.5 Å². The largest absolute Gasteiger partial charge is 0.465 e. The Morgan fingerprint density at radius 2 is 1.87 bits per heavy atom. The van der Waals surface area contributed by atoms with Crippen LogP contribution in [0.2, 0.25) is 0 Å². The second-order valence-corrected chi connectivity index (χ2v) is 6.80. The molecule has 1 amide bonds. The standard InChI is InChI=1S/C22H23N5O3/c1-16-23-20(15-21(24-16)27-10-13-29-14-11-27)25-17-4-6-18(7-5-17)26-22(28)9-8-19-3-2-12-30-19/h2-9,12,15H,10-11,13-14H2,1H3,(H,26,28)(H,23,24,25)/b9-8+. The second-order valence-electron chi connectivity index (χ2n) is 6.80. The number of benzene rings is 1. The lowest BCUT2D eigenvalue weighted by Gasteiger charge is -2.28. The van der Waals surface area contributed by atoms with Gasteiger partial charge in [0.15, 0.2) is 0 Å². The number of hydrogen-bond acceptors (Lipinski definition) is 7. The number of hydrogen-bond donors (Lipinski definition) is 2. The van der Waals surface area contributed by atoms with Crippen molar-refractivity contribution in [2.45, 2.75) is 6.92 Å². The van der Waals surface area contributed by atoms with E-state index in [4.69, 9.17) is 9.15 Å². The third kappa shape index (κ3) is 5.24. The molecule has 0 spiro atoms. The van der Waals surface area contributed by atoms with Crippen molar-refractivity contribution in [2.75, 3.05) is 41.8 Å². The van der Waals surface area contributed by atoms with Gasteiger partial charge in [0, 0.05) is 36.6 Å². The van der Waals surface area contributed by atoms with Gasteiger partial charge in [-0.3, -0.25) is 4.79 Å². The van der Waals surface area contributed by atoms with Crippen LogP contribution in [0.1, 0.15) is 11.6 Å². The number of rotatable bonds is 6. The lowest BCUT2D eigenvalue weighted by molar-refractivity contribution is -0.111. The van der Waals surface area contributed by atoms with Crippen molar-refractivity contribution in [3.8, 4) is 0 Å². The quantitative estimate of drug-likeness (QED) is 0.605. The van der Waals surface area contributed by atoms with E-state index >= 15 is 0 Å². The highest BCUT2D eigenvalue weighted by molar-refractivity contribution is 6.01. The van der Waals surface area contributed by atoms with E-state index in [1.54, 1.807) is 24.5 Å². The SMILES string of the molecule is Cc1nc(Nc2ccc(NC(=O)/C=C/c3ccco3)cc2)cc(N2CCOCC2)n1. The molecule has 0 unspecified atom stereocenters. The number of carbonyl (C=O) groups excluding carboxylic acids is 1. The molecule has 1 fully saturated rings. The molecule has 8 heteroatoms. The third-order valence-electron chi connectivity index (χ3n) is 4.53. The minimum absolute atomic E-state index is 0.228. The molecule has 30 heavy (non-hydrogen) atoms. The van der Waals surface area contributed by atoms with E-state index in [-0.39, 0.29) is 5.91 Å². The smallest absolute Gasteiger partial charge is 0.248 e. The van der Waals surface area contributed by atoms with Gasteiger partial charge in [-0.1, -0.05) is 0 Å². The summed E-state index contributed by atoms with van der Waals surface area (Å²) in [5, 5.41) is 6.12. The summed E-state index contributed by atoms with van der Waals surface area (Å²) in [7, 11) is 0. The molecule has 2 aromatic heterocycles. The molecule has 154 valence electrons. The average molecular weight is 405 g/mol. The van der Waals surface area contributed by atoms with Gasteiger partial charge < -0.3 is 24.7 Å². The van der Waals surface area contributed by atoms with Crippen LogP contribution in [0, 0.1) is 6.92 Å². The van der Waals surface area contributed by atoms with Gasteiger partial charge in [-0.2, -0.15) is 0 Å². The Morgan fingerprint density at radius 3 is 2.60 bits per heavy atom. The van der Waals surface area contributed by atoms with Crippen molar-refractivity contribution in [1.82, 2.24) is 9.97 Å². The predicted octanol–water partition coefficient (Wildman–Crippen LogP) is 3.61. The van der Waals surface area contributed by atoms with Crippen LogP contribution in [0.15, 0.2) is 59.2 Å². The molecule has 0 saturated carbocycles. The number of carbonyl (C=O) groups is 1. The molecular weight excluding hydrogens is 382 g/mol. The van der Waals surface area contributed by atoms with E-state index in [1.165, 1.54) is 6.08 Å². The molecule has 1 saturated heterocycles. The van der Waals surface area contributed by atoms with Gasteiger partial charge in [0.25, 0.3) is 0 Å². The molecule has 1 aliphatic heterocycles. The van der Waals surface area contributed by atoms with Crippen molar-refractivity contribution in [3.05, 3.63) is 66.4 Å². The fourth-order valence-corrected chi connectivity index (χ4v) is 3.08. The highest BCUT2D eigenvalue weighted by Gasteiger charge is 2.14. The van der Waals surface area contributed by atoms with Gasteiger partial charge in [-0.05, 0) is 49.4 Å². The number of nitrogens with zero attached hydrogens (tertiary/aromatic N) is 3. The summed E-state index contributed by atoms with van der Waals surface area (Å²) in [5.41, 5.74) is 1.56. The summed E-state index contributed by atoms with van der Waals surface area (Å²) < 4.78 is 10.6. The van der Waals surface area contributed by atoms with Gasteiger partial charge in [0.1, 0.15) is 23.2 Å². The highest BCUT2D eigenvalue weighted by Crippen LogP contribution is 2.22. The summed E-state index contributed by atoms with van der Waals surface area (Å²) in [6.07, 6.45) is 4.61. The summed E-state index contributed by atoms with van der Waals surface area (Å²) >= 11 is 0. The molecule has 0 radical (unpaired) electrons. The first-order chi connectivity index (χ1) is 14.7. The first-order valence-corrected chi connectivity index (χ1v) is 9.74. The van der Waals surface area contributed by atoms with E-state index in [0.717, 1.165) is 30.4 Å². The number of nitrogens with one attached hydrogen (secondary N) is 2. The minimum atomic E-state index is -0.228. The zero-order valence-corrected chi connectivity index (χ0v) is 16.7. The average Bonchev–Trinajstić information content (AvgIpc) is 3.28. The van der Waals surface area contributed by atoms with Gasteiger partial charge in [0.2, 0.25) is 5.91 Å². The maximum Gasteiger partial charge on any atom is 0.248 e. The van der Waals surface area contributed by atoms with Gasteiger partial charge in [-0.25, -0.2) is 9.97 Å². The number of furan rings is 1. The topological polar surface area (TPSA) is 92.5 Å². The number of aryl methyl sites for hydroxylation is 1. The molecule has 3 aromatic rings. The maximum absolute atomic E-state index is 12.0. The number of ether oxygens (including phenoxy) is 1. The van der Waals surface area contributed by atoms with Gasteiger partial charge in [0.05, 0.1) is 19.5 Å². The molecule has 2 N–H and O–H groups in total. The monoisotopic (exact) mass is 405 g/mol. The predicted molar refractivity (Wildman–Crippen MR) is 116 cm³/mol. The molecular formula is C22H23N5O3. The van der Waals surface area contributed by atoms with Crippen molar-refractivity contribution in [2.24, 2.45) is 0 Å². The number of amides is 1. The molecule has 0 aliphatic carbocycles. The molecule has 1 aliphatic rings. The van der Waals surface area contributed by atoms with Gasteiger partial charge >= 0.3 is 0 Å². The minimum Gasteiger partial charge on any atom is -0.465 e. The van der Waals surface area contributed by atoms with Crippen LogP contribution in [0.4, 0.5) is 23.0 Å². The van der Waals surface area contributed by atoms with Crippen LogP contribution in [-0.2, 0) is 9.53 Å². The molecule has 4 rings (SSSR count). The first-order valence-electron chi connectivity index (χ1n) is 9.74. The van der Waals surface area contributed by atoms with Crippen LogP contribution >= 0.6 is 0 Å².